The summed E-state index contributed by atoms with van der Waals surface area (Å²) in [4.78, 5) is 17.5. The lowest BCUT2D eigenvalue weighted by molar-refractivity contribution is 0.0822. The van der Waals surface area contributed by atoms with Crippen LogP contribution in [-0.4, -0.2) is 29.9 Å². The van der Waals surface area contributed by atoms with E-state index in [-0.39, 0.29) is 5.91 Å². The van der Waals surface area contributed by atoms with Gasteiger partial charge in [-0.05, 0) is 12.1 Å². The molecule has 2 aromatic rings. The summed E-state index contributed by atoms with van der Waals surface area (Å²) < 4.78 is 0. The van der Waals surface area contributed by atoms with Crippen molar-refractivity contribution >= 4 is 22.5 Å². The van der Waals surface area contributed by atoms with Gasteiger partial charge in [0.05, 0.1) is 11.2 Å². The van der Waals surface area contributed by atoms with Gasteiger partial charge in [-0.15, -0.1) is 0 Å². The summed E-state index contributed by atoms with van der Waals surface area (Å²) in [7, 11) is 3.39. The molecule has 0 spiro atoms. The van der Waals surface area contributed by atoms with E-state index in [1.165, 1.54) is 4.90 Å². The van der Waals surface area contributed by atoms with Gasteiger partial charge in [-0.1, -0.05) is 18.2 Å². The fourth-order valence-corrected chi connectivity index (χ4v) is 1.52. The second kappa shape index (κ2) is 3.81. The number of hydrogen-bond donors (Lipinski definition) is 1. The summed E-state index contributed by atoms with van der Waals surface area (Å²) >= 11 is 0. The van der Waals surface area contributed by atoms with Gasteiger partial charge in [0.15, 0.2) is 0 Å². The number of nitrogens with zero attached hydrogens (tertiary/aromatic N) is 2. The second-order valence-electron chi connectivity index (χ2n) is 3.82. The zero-order valence-corrected chi connectivity index (χ0v) is 9.27. The zero-order valence-electron chi connectivity index (χ0n) is 9.27. The van der Waals surface area contributed by atoms with E-state index < -0.39 is 0 Å². The number of nitrogens with two attached hydrogens (primary N) is 1. The molecule has 1 aromatic heterocycles. The molecule has 0 aliphatic carbocycles. The van der Waals surface area contributed by atoms with Gasteiger partial charge in [0.1, 0.15) is 5.69 Å². The number of benzene rings is 1. The van der Waals surface area contributed by atoms with E-state index in [9.17, 15) is 4.79 Å². The highest BCUT2D eigenvalue weighted by molar-refractivity contribution is 5.97. The number of rotatable bonds is 1. The molecule has 0 saturated carbocycles. The van der Waals surface area contributed by atoms with Gasteiger partial charge >= 0.3 is 0 Å². The predicted octanol–water partition coefficient (Wildman–Crippen LogP) is 1.52. The number of hydrogen-bond acceptors (Lipinski definition) is 3. The van der Waals surface area contributed by atoms with E-state index in [4.69, 9.17) is 5.73 Å². The molecule has 0 radical (unpaired) electrons. The molecule has 2 N–H and O–H groups in total. The van der Waals surface area contributed by atoms with Crippen molar-refractivity contribution in [2.75, 3.05) is 19.8 Å². The summed E-state index contributed by atoms with van der Waals surface area (Å²) in [6.07, 6.45) is 0. The van der Waals surface area contributed by atoms with Crippen molar-refractivity contribution in [3.63, 3.8) is 0 Å². The van der Waals surface area contributed by atoms with Crippen LogP contribution in [0.1, 0.15) is 10.5 Å². The third-order valence-corrected chi connectivity index (χ3v) is 2.38. The maximum Gasteiger partial charge on any atom is 0.271 e. The molecular formula is C12H13N3O. The number of carbonyl (C=O) groups excluding carboxylic acids is 1. The third kappa shape index (κ3) is 1.69. The number of nitrogen functional groups attached to an aromatic ring is 1. The topological polar surface area (TPSA) is 59.2 Å². The van der Waals surface area contributed by atoms with E-state index in [0.717, 1.165) is 5.39 Å². The molecule has 0 bridgehead atoms. The quantitative estimate of drug-likeness (QED) is 0.734. The van der Waals surface area contributed by atoms with Crippen molar-refractivity contribution < 1.29 is 4.79 Å². The van der Waals surface area contributed by atoms with Crippen LogP contribution < -0.4 is 5.73 Å². The molecule has 2 rings (SSSR count). The SMILES string of the molecule is CN(C)C(=O)c1ccc2cccc(N)c2n1. The van der Waals surface area contributed by atoms with Crippen LogP contribution in [0, 0.1) is 0 Å². The Labute approximate surface area is 93.7 Å². The van der Waals surface area contributed by atoms with E-state index >= 15 is 0 Å². The van der Waals surface area contributed by atoms with Gasteiger partial charge in [-0.25, -0.2) is 4.98 Å². The number of amides is 1. The van der Waals surface area contributed by atoms with Gasteiger partial charge < -0.3 is 10.6 Å². The summed E-state index contributed by atoms with van der Waals surface area (Å²) in [6.45, 7) is 0. The molecule has 1 heterocycles. The highest BCUT2D eigenvalue weighted by Crippen LogP contribution is 2.19. The number of carbonyl (C=O) groups is 1. The highest BCUT2D eigenvalue weighted by Gasteiger charge is 2.10. The van der Waals surface area contributed by atoms with Crippen molar-refractivity contribution in [1.82, 2.24) is 9.88 Å². The fraction of sp³-hybridized carbons (Fsp3) is 0.167. The minimum Gasteiger partial charge on any atom is -0.397 e. The van der Waals surface area contributed by atoms with Crippen molar-refractivity contribution in [3.05, 3.63) is 36.0 Å². The Kier molecular flexibility index (Phi) is 2.48. The van der Waals surface area contributed by atoms with Gasteiger partial charge in [0.2, 0.25) is 0 Å². The maximum atomic E-state index is 11.7. The highest BCUT2D eigenvalue weighted by atomic mass is 16.2. The summed E-state index contributed by atoms with van der Waals surface area (Å²) in [6, 6.07) is 9.13. The van der Waals surface area contributed by atoms with Crippen molar-refractivity contribution in [2.24, 2.45) is 0 Å². The summed E-state index contributed by atoms with van der Waals surface area (Å²) in [5.41, 5.74) is 7.49. The first-order valence-corrected chi connectivity index (χ1v) is 4.96. The average Bonchev–Trinajstić information content (AvgIpc) is 2.28. The largest absolute Gasteiger partial charge is 0.397 e. The minimum absolute atomic E-state index is 0.120. The van der Waals surface area contributed by atoms with E-state index in [0.29, 0.717) is 16.9 Å². The summed E-state index contributed by atoms with van der Waals surface area (Å²) in [5.74, 6) is -0.120. The maximum absolute atomic E-state index is 11.7. The van der Waals surface area contributed by atoms with Crippen LogP contribution in [0.2, 0.25) is 0 Å². The Morgan fingerprint density at radius 2 is 2.00 bits per heavy atom. The van der Waals surface area contributed by atoms with Crippen molar-refractivity contribution in [3.8, 4) is 0 Å². The van der Waals surface area contributed by atoms with Gasteiger partial charge in [0.25, 0.3) is 5.91 Å². The number of pyridine rings is 1. The van der Waals surface area contributed by atoms with E-state index in [1.807, 2.05) is 18.2 Å². The number of anilines is 1. The van der Waals surface area contributed by atoms with E-state index in [2.05, 4.69) is 4.98 Å². The molecule has 0 aliphatic rings. The predicted molar refractivity (Wildman–Crippen MR) is 64.2 cm³/mol. The minimum atomic E-state index is -0.120. The van der Waals surface area contributed by atoms with Crippen molar-refractivity contribution in [2.45, 2.75) is 0 Å². The Balaban J connectivity index is 2.59. The van der Waals surface area contributed by atoms with Crippen LogP contribution in [0.15, 0.2) is 30.3 Å². The van der Waals surface area contributed by atoms with Crippen molar-refractivity contribution in [1.29, 1.82) is 0 Å². The molecular weight excluding hydrogens is 202 g/mol. The number of fused-ring (bicyclic) bond motifs is 1. The molecule has 82 valence electrons. The van der Waals surface area contributed by atoms with Crippen LogP contribution >= 0.6 is 0 Å². The molecule has 0 aliphatic heterocycles. The standard InChI is InChI=1S/C12H13N3O/c1-15(2)12(16)10-7-6-8-4-3-5-9(13)11(8)14-10/h3-7H,13H2,1-2H3. The van der Waals surface area contributed by atoms with Gasteiger partial charge in [-0.2, -0.15) is 0 Å². The molecule has 4 heteroatoms. The molecule has 16 heavy (non-hydrogen) atoms. The van der Waals surface area contributed by atoms with E-state index in [1.54, 1.807) is 26.2 Å². The molecule has 0 unspecified atom stereocenters. The lowest BCUT2D eigenvalue weighted by Gasteiger charge is -2.10. The first kappa shape index (κ1) is 10.4. The Bertz CT molecular complexity index is 549. The lowest BCUT2D eigenvalue weighted by atomic mass is 10.1. The van der Waals surface area contributed by atoms with Gasteiger partial charge in [-0.3, -0.25) is 4.79 Å². The smallest absolute Gasteiger partial charge is 0.271 e. The van der Waals surface area contributed by atoms with Crippen LogP contribution in [-0.2, 0) is 0 Å². The Morgan fingerprint density at radius 1 is 1.25 bits per heavy atom. The molecule has 0 saturated heterocycles. The van der Waals surface area contributed by atoms with Crippen LogP contribution in [0.4, 0.5) is 5.69 Å². The fourth-order valence-electron chi connectivity index (χ4n) is 1.52. The normalized spacial score (nSPS) is 10.4. The zero-order chi connectivity index (χ0) is 11.7. The summed E-state index contributed by atoms with van der Waals surface area (Å²) in [5, 5.41) is 0.940. The van der Waals surface area contributed by atoms with Gasteiger partial charge in [0, 0.05) is 19.5 Å². The first-order valence-electron chi connectivity index (χ1n) is 4.96. The molecule has 1 amide bonds. The molecule has 1 aromatic carbocycles. The average molecular weight is 215 g/mol. The first-order chi connectivity index (χ1) is 7.59. The van der Waals surface area contributed by atoms with Crippen LogP contribution in [0.25, 0.3) is 10.9 Å². The monoisotopic (exact) mass is 215 g/mol. The third-order valence-electron chi connectivity index (χ3n) is 2.38. The molecule has 0 atom stereocenters. The Hall–Kier alpha value is -2.10. The number of para-hydroxylation sites is 1. The Morgan fingerprint density at radius 3 is 2.69 bits per heavy atom. The van der Waals surface area contributed by atoms with Crippen LogP contribution in [0.5, 0.6) is 0 Å². The number of aromatic nitrogens is 1. The molecule has 4 nitrogen and oxygen atoms in total. The second-order valence-corrected chi connectivity index (χ2v) is 3.82. The van der Waals surface area contributed by atoms with Crippen LogP contribution in [0.3, 0.4) is 0 Å². The molecule has 0 fully saturated rings. The lowest BCUT2D eigenvalue weighted by Crippen LogP contribution is -2.22.